The maximum atomic E-state index is 12.1. The van der Waals surface area contributed by atoms with Crippen LogP contribution in [0.25, 0.3) is 0 Å². The van der Waals surface area contributed by atoms with Crippen LogP contribution in [0.5, 0.6) is 0 Å². The Morgan fingerprint density at radius 3 is 2.42 bits per heavy atom. The van der Waals surface area contributed by atoms with E-state index in [1.54, 1.807) is 24.3 Å². The maximum Gasteiger partial charge on any atom is 0.308 e. The fraction of sp³-hybridized carbons (Fsp3) is 0.211. The second-order valence-electron chi connectivity index (χ2n) is 5.56. The van der Waals surface area contributed by atoms with Gasteiger partial charge in [-0.05, 0) is 48.7 Å². The van der Waals surface area contributed by atoms with Crippen LogP contribution in [0.2, 0.25) is 0 Å². The monoisotopic (exact) mass is 322 g/mol. The maximum absolute atomic E-state index is 12.1. The number of carboxylic acid groups (broad SMARTS) is 1. The highest BCUT2D eigenvalue weighted by Gasteiger charge is 2.20. The van der Waals surface area contributed by atoms with Crippen molar-refractivity contribution in [3.63, 3.8) is 0 Å². The van der Waals surface area contributed by atoms with Gasteiger partial charge >= 0.3 is 5.97 Å². The average Bonchev–Trinajstić information content (AvgIpc) is 2.59. The normalized spacial score (nSPS) is 11.3. The van der Waals surface area contributed by atoms with Crippen LogP contribution in [0.3, 0.4) is 0 Å². The van der Waals surface area contributed by atoms with Crippen LogP contribution in [-0.2, 0) is 11.2 Å². The van der Waals surface area contributed by atoms with E-state index in [0.29, 0.717) is 17.5 Å². The molecule has 0 saturated carbocycles. The quantitative estimate of drug-likeness (QED) is 0.855. The molecule has 2 aromatic carbocycles. The van der Waals surface area contributed by atoms with Crippen molar-refractivity contribution in [1.82, 2.24) is 5.32 Å². The number of nitrogens with one attached hydrogen (secondary N) is 1. The minimum Gasteiger partial charge on any atom is -0.481 e. The van der Waals surface area contributed by atoms with Gasteiger partial charge in [-0.1, -0.05) is 24.3 Å². The standard InChI is InChI=1S/C19H18N2O3/c1-13-4-2-3-5-16(13)10-17(19(23)24)12-21-18(22)15-8-6-14(11-20)7-9-15/h2-9,17H,10,12H2,1H3,(H,21,22)(H,23,24)/t17-/m1/s1. The number of benzene rings is 2. The van der Waals surface area contributed by atoms with E-state index in [2.05, 4.69) is 5.32 Å². The van der Waals surface area contributed by atoms with E-state index in [-0.39, 0.29) is 12.5 Å². The van der Waals surface area contributed by atoms with Crippen molar-refractivity contribution in [3.8, 4) is 6.07 Å². The summed E-state index contributed by atoms with van der Waals surface area (Å²) in [6.45, 7) is 1.98. The number of rotatable bonds is 6. The molecule has 2 aromatic rings. The van der Waals surface area contributed by atoms with Gasteiger partial charge in [0.05, 0.1) is 17.6 Å². The number of nitrogens with zero attached hydrogens (tertiary/aromatic N) is 1. The first kappa shape index (κ1) is 17.2. The van der Waals surface area contributed by atoms with E-state index in [0.717, 1.165) is 11.1 Å². The second kappa shape index (κ2) is 7.93. The van der Waals surface area contributed by atoms with Gasteiger partial charge in [-0.2, -0.15) is 5.26 Å². The number of aliphatic carboxylic acids is 1. The molecule has 0 aliphatic heterocycles. The predicted octanol–water partition coefficient (Wildman–Crippen LogP) is 2.54. The van der Waals surface area contributed by atoms with E-state index in [1.165, 1.54) is 0 Å². The molecule has 0 aliphatic rings. The minimum atomic E-state index is -0.946. The summed E-state index contributed by atoms with van der Waals surface area (Å²) in [5.41, 5.74) is 2.85. The highest BCUT2D eigenvalue weighted by molar-refractivity contribution is 5.94. The summed E-state index contributed by atoms with van der Waals surface area (Å²) in [6.07, 6.45) is 0.357. The van der Waals surface area contributed by atoms with E-state index >= 15 is 0 Å². The van der Waals surface area contributed by atoms with Crippen molar-refractivity contribution < 1.29 is 14.7 Å². The number of hydrogen-bond donors (Lipinski definition) is 2. The lowest BCUT2D eigenvalue weighted by atomic mass is 9.96. The largest absolute Gasteiger partial charge is 0.481 e. The van der Waals surface area contributed by atoms with Crippen LogP contribution in [0.4, 0.5) is 0 Å². The van der Waals surface area contributed by atoms with Gasteiger partial charge in [0, 0.05) is 12.1 Å². The van der Waals surface area contributed by atoms with Gasteiger partial charge in [-0.25, -0.2) is 0 Å². The summed E-state index contributed by atoms with van der Waals surface area (Å²) in [7, 11) is 0. The van der Waals surface area contributed by atoms with Crippen molar-refractivity contribution in [1.29, 1.82) is 5.26 Å². The summed E-state index contributed by atoms with van der Waals surface area (Å²) < 4.78 is 0. The van der Waals surface area contributed by atoms with Gasteiger partial charge in [0.25, 0.3) is 5.91 Å². The number of aryl methyl sites for hydroxylation is 1. The summed E-state index contributed by atoms with van der Waals surface area (Å²) in [6, 6.07) is 15.8. The molecule has 0 bridgehead atoms. The Hall–Kier alpha value is -3.13. The molecule has 0 saturated heterocycles. The van der Waals surface area contributed by atoms with Gasteiger partial charge in [-0.3, -0.25) is 9.59 Å². The lowest BCUT2D eigenvalue weighted by molar-refractivity contribution is -0.141. The Kier molecular flexibility index (Phi) is 5.69. The number of carboxylic acids is 1. The van der Waals surface area contributed by atoms with Crippen LogP contribution in [0, 0.1) is 24.2 Å². The van der Waals surface area contributed by atoms with Crippen LogP contribution < -0.4 is 5.32 Å². The molecule has 122 valence electrons. The summed E-state index contributed by atoms with van der Waals surface area (Å²) in [5.74, 6) is -2.00. The molecular formula is C19H18N2O3. The van der Waals surface area contributed by atoms with Gasteiger partial charge in [0.1, 0.15) is 0 Å². The number of amides is 1. The van der Waals surface area contributed by atoms with Crippen LogP contribution in [0.15, 0.2) is 48.5 Å². The molecule has 24 heavy (non-hydrogen) atoms. The third-order valence-electron chi connectivity index (χ3n) is 3.86. The smallest absolute Gasteiger partial charge is 0.308 e. The zero-order chi connectivity index (χ0) is 17.5. The van der Waals surface area contributed by atoms with Gasteiger partial charge in [-0.15, -0.1) is 0 Å². The van der Waals surface area contributed by atoms with Crippen LogP contribution >= 0.6 is 0 Å². The number of carbonyl (C=O) groups excluding carboxylic acids is 1. The molecule has 5 heteroatoms. The Labute approximate surface area is 140 Å². The van der Waals surface area contributed by atoms with Crippen molar-refractivity contribution in [3.05, 3.63) is 70.8 Å². The van der Waals surface area contributed by atoms with E-state index in [1.807, 2.05) is 37.3 Å². The van der Waals surface area contributed by atoms with E-state index < -0.39 is 11.9 Å². The molecule has 0 heterocycles. The zero-order valence-corrected chi connectivity index (χ0v) is 13.3. The zero-order valence-electron chi connectivity index (χ0n) is 13.3. The van der Waals surface area contributed by atoms with Crippen LogP contribution in [0.1, 0.15) is 27.0 Å². The lowest BCUT2D eigenvalue weighted by Crippen LogP contribution is -2.34. The molecule has 2 rings (SSSR count). The molecule has 0 radical (unpaired) electrons. The number of carbonyl (C=O) groups is 2. The van der Waals surface area contributed by atoms with Crippen molar-refractivity contribution in [2.24, 2.45) is 5.92 Å². The predicted molar refractivity (Wildman–Crippen MR) is 89.5 cm³/mol. The molecule has 1 amide bonds. The Morgan fingerprint density at radius 1 is 1.17 bits per heavy atom. The second-order valence-corrected chi connectivity index (χ2v) is 5.56. The first-order valence-electron chi connectivity index (χ1n) is 7.57. The summed E-state index contributed by atoms with van der Waals surface area (Å²) in [4.78, 5) is 23.6. The van der Waals surface area contributed by atoms with Crippen molar-refractivity contribution in [2.75, 3.05) is 6.54 Å². The Morgan fingerprint density at radius 2 is 1.83 bits per heavy atom. The highest BCUT2D eigenvalue weighted by atomic mass is 16.4. The molecule has 0 aromatic heterocycles. The minimum absolute atomic E-state index is 0.0441. The van der Waals surface area contributed by atoms with Crippen molar-refractivity contribution >= 4 is 11.9 Å². The highest BCUT2D eigenvalue weighted by Crippen LogP contribution is 2.13. The molecule has 0 aliphatic carbocycles. The van der Waals surface area contributed by atoms with Crippen molar-refractivity contribution in [2.45, 2.75) is 13.3 Å². The van der Waals surface area contributed by atoms with Crippen LogP contribution in [-0.4, -0.2) is 23.5 Å². The summed E-state index contributed by atoms with van der Waals surface area (Å²) >= 11 is 0. The SMILES string of the molecule is Cc1ccccc1C[C@H](CNC(=O)c1ccc(C#N)cc1)C(=O)O. The fourth-order valence-corrected chi connectivity index (χ4v) is 2.37. The Balaban J connectivity index is 2.00. The van der Waals surface area contributed by atoms with Gasteiger partial charge < -0.3 is 10.4 Å². The molecule has 0 unspecified atom stereocenters. The van der Waals surface area contributed by atoms with E-state index in [4.69, 9.17) is 5.26 Å². The molecule has 2 N–H and O–H groups in total. The molecular weight excluding hydrogens is 304 g/mol. The topological polar surface area (TPSA) is 90.2 Å². The first-order chi connectivity index (χ1) is 11.5. The molecule has 5 nitrogen and oxygen atoms in total. The molecule has 1 atom stereocenters. The van der Waals surface area contributed by atoms with Gasteiger partial charge in [0.15, 0.2) is 0 Å². The molecule has 0 fully saturated rings. The first-order valence-corrected chi connectivity index (χ1v) is 7.57. The molecule has 0 spiro atoms. The fourth-order valence-electron chi connectivity index (χ4n) is 2.37. The third kappa shape index (κ3) is 4.43. The third-order valence-corrected chi connectivity index (χ3v) is 3.86. The Bertz CT molecular complexity index is 776. The lowest BCUT2D eigenvalue weighted by Gasteiger charge is -2.15. The average molecular weight is 322 g/mol. The number of hydrogen-bond acceptors (Lipinski definition) is 3. The van der Waals surface area contributed by atoms with Gasteiger partial charge in [0.2, 0.25) is 0 Å². The van der Waals surface area contributed by atoms with E-state index in [9.17, 15) is 14.7 Å². The summed E-state index contributed by atoms with van der Waals surface area (Å²) in [5, 5.41) is 20.8. The number of nitriles is 1.